The molecular formula is C46H33NS. The number of hydrogen-bond donors (Lipinski definition) is 1. The molecule has 0 unspecified atom stereocenters. The molecule has 2 aliphatic carbocycles. The molecule has 0 amide bonds. The van der Waals surface area contributed by atoms with Gasteiger partial charge in [-0.15, -0.1) is 11.3 Å². The summed E-state index contributed by atoms with van der Waals surface area (Å²) in [5.41, 5.74) is 12.7. The Balaban J connectivity index is 1.03. The number of thiophene rings is 1. The van der Waals surface area contributed by atoms with Crippen LogP contribution in [0.3, 0.4) is 0 Å². The fourth-order valence-corrected chi connectivity index (χ4v) is 9.51. The van der Waals surface area contributed by atoms with Gasteiger partial charge < -0.3 is 5.32 Å². The number of fused-ring (bicyclic) bond motifs is 4. The van der Waals surface area contributed by atoms with Gasteiger partial charge >= 0.3 is 0 Å². The molecule has 2 heteroatoms. The Morgan fingerprint density at radius 1 is 0.396 bits per heavy atom. The first-order chi connectivity index (χ1) is 23.8. The van der Waals surface area contributed by atoms with E-state index in [1.807, 2.05) is 11.3 Å². The maximum absolute atomic E-state index is 3.89. The summed E-state index contributed by atoms with van der Waals surface area (Å²) in [4.78, 5) is 0. The van der Waals surface area contributed by atoms with Crippen molar-refractivity contribution in [2.24, 2.45) is 11.8 Å². The van der Waals surface area contributed by atoms with E-state index in [-0.39, 0.29) is 0 Å². The van der Waals surface area contributed by atoms with Crippen LogP contribution in [0.4, 0.5) is 11.4 Å². The Hall–Kier alpha value is -5.44. The summed E-state index contributed by atoms with van der Waals surface area (Å²) in [7, 11) is 0. The highest BCUT2D eigenvalue weighted by Crippen LogP contribution is 2.81. The van der Waals surface area contributed by atoms with Gasteiger partial charge in [0.05, 0.1) is 0 Å². The van der Waals surface area contributed by atoms with Crippen molar-refractivity contribution in [1.29, 1.82) is 0 Å². The van der Waals surface area contributed by atoms with Gasteiger partial charge in [-0.25, -0.2) is 0 Å². The van der Waals surface area contributed by atoms with E-state index in [9.17, 15) is 0 Å². The van der Waals surface area contributed by atoms with Crippen LogP contribution in [0.15, 0.2) is 170 Å². The maximum atomic E-state index is 3.89. The van der Waals surface area contributed by atoms with Crippen LogP contribution in [0.1, 0.15) is 23.0 Å². The Kier molecular flexibility index (Phi) is 6.38. The second-order valence-corrected chi connectivity index (χ2v) is 14.3. The fourth-order valence-electron chi connectivity index (χ4n) is 8.14. The van der Waals surface area contributed by atoms with Crippen LogP contribution < -0.4 is 5.32 Å². The molecule has 1 aromatic heterocycles. The summed E-state index contributed by atoms with van der Waals surface area (Å²) < 4.78 is 2.67. The van der Waals surface area contributed by atoms with E-state index in [0.29, 0.717) is 5.92 Å². The summed E-state index contributed by atoms with van der Waals surface area (Å²) in [6.45, 7) is 0. The second-order valence-electron chi connectivity index (χ2n) is 13.3. The van der Waals surface area contributed by atoms with E-state index in [2.05, 4.69) is 175 Å². The van der Waals surface area contributed by atoms with Gasteiger partial charge in [0.1, 0.15) is 0 Å². The molecule has 48 heavy (non-hydrogen) atoms. The monoisotopic (exact) mass is 631 g/mol. The van der Waals surface area contributed by atoms with Gasteiger partial charge in [-0.2, -0.15) is 0 Å². The standard InChI is InChI=1S/C46H33NS/c1-4-13-29(14-5-1)35-26-25-32(37-22-12-24-39-38-23-11-21-36(45(38)48-46(37)39)30-15-6-2-7-16-30)28-40(35)47-34-20-10-19-33(27-34)42-43-41(44(42)43)31-17-8-3-9-18-31/h1-28,41-44,47H/t41?,42?,43-,44-/m1/s1. The highest BCUT2D eigenvalue weighted by Gasteiger charge is 2.73. The van der Waals surface area contributed by atoms with Gasteiger partial charge in [0.25, 0.3) is 0 Å². The molecule has 1 N–H and O–H groups in total. The third-order valence-electron chi connectivity index (χ3n) is 10.6. The third kappa shape index (κ3) is 4.59. The first kappa shape index (κ1) is 27.7. The molecule has 1 heterocycles. The SMILES string of the molecule is c1ccc(-c2ccc(-c3cccc4c3sc3c(-c5ccccc5)cccc34)cc2Nc2cccc(C3[C@H]4C(c5ccccc5)[C@H]34)c2)cc1. The number of benzene rings is 7. The minimum absolute atomic E-state index is 0.684. The van der Waals surface area contributed by atoms with Gasteiger partial charge in [0, 0.05) is 37.1 Å². The first-order valence-corrected chi connectivity index (χ1v) is 17.7. The molecule has 0 saturated heterocycles. The Morgan fingerprint density at radius 3 is 1.60 bits per heavy atom. The number of rotatable bonds is 7. The van der Waals surface area contributed by atoms with E-state index in [0.717, 1.165) is 29.1 Å². The summed E-state index contributed by atoms with van der Waals surface area (Å²) in [6.07, 6.45) is 0. The van der Waals surface area contributed by atoms with Gasteiger partial charge in [0.2, 0.25) is 0 Å². The zero-order chi connectivity index (χ0) is 31.6. The molecule has 0 bridgehead atoms. The average Bonchev–Trinajstić information content (AvgIpc) is 4.03. The lowest BCUT2D eigenvalue weighted by Gasteiger charge is -2.17. The zero-order valence-electron chi connectivity index (χ0n) is 26.4. The quantitative estimate of drug-likeness (QED) is 0.185. The lowest BCUT2D eigenvalue weighted by atomic mass is 9.92. The number of anilines is 2. The van der Waals surface area contributed by atoms with Gasteiger partial charge in [-0.3, -0.25) is 0 Å². The molecule has 228 valence electrons. The first-order valence-electron chi connectivity index (χ1n) is 16.9. The normalized spacial score (nSPS) is 19.2. The summed E-state index contributed by atoms with van der Waals surface area (Å²) >= 11 is 1.91. The smallest absolute Gasteiger partial charge is 0.0470 e. The molecule has 8 aromatic rings. The Labute approximate surface area is 285 Å². The highest BCUT2D eigenvalue weighted by molar-refractivity contribution is 7.26. The maximum Gasteiger partial charge on any atom is 0.0470 e. The van der Waals surface area contributed by atoms with Crippen molar-refractivity contribution >= 4 is 42.9 Å². The van der Waals surface area contributed by atoms with Crippen molar-refractivity contribution in [3.05, 3.63) is 181 Å². The lowest BCUT2D eigenvalue weighted by molar-refractivity contribution is 0.685. The summed E-state index contributed by atoms with van der Waals surface area (Å²) in [5.74, 6) is 3.03. The van der Waals surface area contributed by atoms with Crippen LogP contribution in [0.2, 0.25) is 0 Å². The molecule has 2 saturated carbocycles. The predicted octanol–water partition coefficient (Wildman–Crippen LogP) is 12.9. The van der Waals surface area contributed by atoms with Crippen LogP contribution in [0.5, 0.6) is 0 Å². The molecule has 2 fully saturated rings. The topological polar surface area (TPSA) is 12.0 Å². The van der Waals surface area contributed by atoms with Crippen LogP contribution >= 0.6 is 11.3 Å². The highest BCUT2D eigenvalue weighted by atomic mass is 32.1. The summed E-state index contributed by atoms with van der Waals surface area (Å²) in [5, 5.41) is 6.52. The zero-order valence-corrected chi connectivity index (χ0v) is 27.2. The third-order valence-corrected chi connectivity index (χ3v) is 11.9. The van der Waals surface area contributed by atoms with E-state index in [1.54, 1.807) is 0 Å². The van der Waals surface area contributed by atoms with Crippen molar-refractivity contribution < 1.29 is 0 Å². The van der Waals surface area contributed by atoms with Crippen molar-refractivity contribution in [1.82, 2.24) is 0 Å². The molecular weight excluding hydrogens is 599 g/mol. The number of hydrogen-bond acceptors (Lipinski definition) is 2. The predicted molar refractivity (Wildman–Crippen MR) is 204 cm³/mol. The molecule has 10 rings (SSSR count). The largest absolute Gasteiger partial charge is 0.355 e. The van der Waals surface area contributed by atoms with Crippen molar-refractivity contribution in [2.45, 2.75) is 11.8 Å². The van der Waals surface area contributed by atoms with E-state index >= 15 is 0 Å². The molecule has 0 aliphatic heterocycles. The van der Waals surface area contributed by atoms with Crippen molar-refractivity contribution in [3.63, 3.8) is 0 Å². The molecule has 0 spiro atoms. The van der Waals surface area contributed by atoms with Gasteiger partial charge in [-0.05, 0) is 80.8 Å². The Morgan fingerprint density at radius 2 is 0.938 bits per heavy atom. The average molecular weight is 632 g/mol. The molecule has 0 radical (unpaired) electrons. The molecule has 2 aliphatic rings. The van der Waals surface area contributed by atoms with E-state index in [4.69, 9.17) is 0 Å². The molecule has 1 nitrogen and oxygen atoms in total. The summed E-state index contributed by atoms with van der Waals surface area (Å²) in [6, 6.07) is 62.1. The van der Waals surface area contributed by atoms with Crippen LogP contribution in [0, 0.1) is 11.8 Å². The molecule has 2 atom stereocenters. The van der Waals surface area contributed by atoms with Crippen molar-refractivity contribution in [2.75, 3.05) is 5.32 Å². The van der Waals surface area contributed by atoms with Crippen LogP contribution in [-0.4, -0.2) is 0 Å². The number of nitrogens with one attached hydrogen (secondary N) is 1. The Bertz CT molecular complexity index is 2430. The second kappa shape index (κ2) is 11.1. The molecule has 7 aromatic carbocycles. The minimum atomic E-state index is 0.684. The fraction of sp³-hybridized carbons (Fsp3) is 0.0870. The van der Waals surface area contributed by atoms with Gasteiger partial charge in [0.15, 0.2) is 0 Å². The lowest BCUT2D eigenvalue weighted by Crippen LogP contribution is -2.00. The minimum Gasteiger partial charge on any atom is -0.355 e. The van der Waals surface area contributed by atoms with Crippen LogP contribution in [0.25, 0.3) is 53.6 Å². The van der Waals surface area contributed by atoms with E-state index in [1.165, 1.54) is 64.7 Å². The van der Waals surface area contributed by atoms with Crippen molar-refractivity contribution in [3.8, 4) is 33.4 Å². The van der Waals surface area contributed by atoms with Crippen LogP contribution in [-0.2, 0) is 0 Å². The van der Waals surface area contributed by atoms with Gasteiger partial charge in [-0.1, -0.05) is 152 Å². The van der Waals surface area contributed by atoms with E-state index < -0.39 is 0 Å².